The summed E-state index contributed by atoms with van der Waals surface area (Å²) in [5, 5.41) is 17.9. The molecule has 0 aromatic heterocycles. The molecule has 0 saturated carbocycles. The van der Waals surface area contributed by atoms with Gasteiger partial charge in [-0.1, -0.05) is 6.92 Å². The molecule has 0 saturated heterocycles. The van der Waals surface area contributed by atoms with E-state index in [-0.39, 0.29) is 21.5 Å². The second-order valence-electron chi connectivity index (χ2n) is 3.86. The molecule has 0 spiro atoms. The molecule has 0 fully saturated rings. The molecule has 1 aromatic carbocycles. The third-order valence-electron chi connectivity index (χ3n) is 2.50. The lowest BCUT2D eigenvalue weighted by molar-refractivity contribution is 0.0696. The van der Waals surface area contributed by atoms with Crippen LogP contribution in [0.3, 0.4) is 0 Å². The van der Waals surface area contributed by atoms with Gasteiger partial charge in [0.25, 0.3) is 0 Å². The molecule has 0 unspecified atom stereocenters. The maximum atomic E-state index is 12.1. The van der Waals surface area contributed by atoms with E-state index in [2.05, 4.69) is 20.7 Å². The Morgan fingerprint density at radius 1 is 1.47 bits per heavy atom. The highest BCUT2D eigenvalue weighted by Crippen LogP contribution is 2.23. The fourth-order valence-corrected chi connectivity index (χ4v) is 3.67. The molecule has 1 atom stereocenters. The summed E-state index contributed by atoms with van der Waals surface area (Å²) in [7, 11) is -3.89. The van der Waals surface area contributed by atoms with Gasteiger partial charge in [-0.15, -0.1) is 0 Å². The molecule has 106 valence electrons. The first-order valence-corrected chi connectivity index (χ1v) is 7.75. The molecule has 0 heterocycles. The van der Waals surface area contributed by atoms with Gasteiger partial charge < -0.3 is 10.2 Å². The van der Waals surface area contributed by atoms with Crippen LogP contribution in [0.15, 0.2) is 27.6 Å². The number of aliphatic hydroxyl groups is 1. The molecule has 0 bridgehead atoms. The van der Waals surface area contributed by atoms with Crippen LogP contribution in [0.4, 0.5) is 0 Å². The number of sulfonamides is 1. The number of aromatic carboxylic acids is 1. The van der Waals surface area contributed by atoms with Crippen molar-refractivity contribution in [3.63, 3.8) is 0 Å². The van der Waals surface area contributed by atoms with Gasteiger partial charge in [-0.2, -0.15) is 0 Å². The van der Waals surface area contributed by atoms with E-state index < -0.39 is 22.0 Å². The Balaban J connectivity index is 3.20. The van der Waals surface area contributed by atoms with Gasteiger partial charge in [-0.05, 0) is 40.5 Å². The molecule has 1 aromatic rings. The first-order chi connectivity index (χ1) is 8.81. The number of nitrogens with one attached hydrogen (secondary N) is 1. The smallest absolute Gasteiger partial charge is 0.335 e. The average Bonchev–Trinajstić information content (AvgIpc) is 2.35. The number of rotatable bonds is 6. The van der Waals surface area contributed by atoms with Crippen molar-refractivity contribution in [3.8, 4) is 0 Å². The van der Waals surface area contributed by atoms with Gasteiger partial charge in [0.2, 0.25) is 10.0 Å². The summed E-state index contributed by atoms with van der Waals surface area (Å²) in [6.07, 6.45) is 0.423. The van der Waals surface area contributed by atoms with Gasteiger partial charge in [-0.25, -0.2) is 17.9 Å². The number of carboxylic acid groups (broad SMARTS) is 1. The van der Waals surface area contributed by atoms with Crippen molar-refractivity contribution in [1.29, 1.82) is 0 Å². The van der Waals surface area contributed by atoms with Gasteiger partial charge in [0.05, 0.1) is 17.1 Å². The second kappa shape index (κ2) is 6.47. The van der Waals surface area contributed by atoms with Crippen molar-refractivity contribution < 1.29 is 23.4 Å². The summed E-state index contributed by atoms with van der Waals surface area (Å²) in [5.74, 6) is -1.21. The monoisotopic (exact) mass is 351 g/mol. The lowest BCUT2D eigenvalue weighted by Crippen LogP contribution is -2.37. The minimum absolute atomic E-state index is 0.124. The number of halogens is 1. The van der Waals surface area contributed by atoms with E-state index in [1.807, 2.05) is 0 Å². The maximum absolute atomic E-state index is 12.1. The zero-order valence-electron chi connectivity index (χ0n) is 10.1. The molecule has 0 aliphatic heterocycles. The molecule has 0 radical (unpaired) electrons. The fourth-order valence-electron chi connectivity index (χ4n) is 1.37. The van der Waals surface area contributed by atoms with E-state index in [9.17, 15) is 13.2 Å². The SMILES string of the molecule is CC[C@@H](CO)NS(=O)(=O)c1cc(C(=O)O)ccc1Br. The quantitative estimate of drug-likeness (QED) is 0.714. The lowest BCUT2D eigenvalue weighted by Gasteiger charge is -2.15. The molecule has 1 rings (SSSR count). The number of aliphatic hydroxyl groups excluding tert-OH is 1. The average molecular weight is 352 g/mol. The van der Waals surface area contributed by atoms with Crippen LogP contribution in [0.25, 0.3) is 0 Å². The highest BCUT2D eigenvalue weighted by Gasteiger charge is 2.22. The van der Waals surface area contributed by atoms with E-state index >= 15 is 0 Å². The largest absolute Gasteiger partial charge is 0.478 e. The summed E-state index contributed by atoms with van der Waals surface area (Å²) < 4.78 is 26.8. The first kappa shape index (κ1) is 16.1. The highest BCUT2D eigenvalue weighted by molar-refractivity contribution is 9.10. The fraction of sp³-hybridized carbons (Fsp3) is 0.364. The van der Waals surface area contributed by atoms with Crippen molar-refractivity contribution in [2.75, 3.05) is 6.61 Å². The van der Waals surface area contributed by atoms with Crippen LogP contribution >= 0.6 is 15.9 Å². The first-order valence-electron chi connectivity index (χ1n) is 5.47. The normalized spacial score (nSPS) is 13.2. The van der Waals surface area contributed by atoms with E-state index in [0.29, 0.717) is 6.42 Å². The molecule has 0 amide bonds. The van der Waals surface area contributed by atoms with E-state index in [4.69, 9.17) is 10.2 Å². The Labute approximate surface area is 119 Å². The second-order valence-corrected chi connectivity index (χ2v) is 6.40. The van der Waals surface area contributed by atoms with Gasteiger partial charge in [0.1, 0.15) is 0 Å². The molecule has 3 N–H and O–H groups in total. The topological polar surface area (TPSA) is 104 Å². The predicted molar refractivity (Wildman–Crippen MR) is 72.6 cm³/mol. The Bertz CT molecular complexity index is 568. The van der Waals surface area contributed by atoms with E-state index in [0.717, 1.165) is 6.07 Å². The lowest BCUT2D eigenvalue weighted by atomic mass is 10.2. The van der Waals surface area contributed by atoms with Crippen molar-refractivity contribution in [3.05, 3.63) is 28.2 Å². The Hall–Kier alpha value is -0.960. The summed E-state index contributed by atoms with van der Waals surface area (Å²) in [4.78, 5) is 10.7. The van der Waals surface area contributed by atoms with Crippen LogP contribution in [0.2, 0.25) is 0 Å². The summed E-state index contributed by atoms with van der Waals surface area (Å²) in [5.41, 5.74) is -0.124. The molecule has 8 heteroatoms. The zero-order valence-corrected chi connectivity index (χ0v) is 12.5. The van der Waals surface area contributed by atoms with Crippen molar-refractivity contribution in [1.82, 2.24) is 4.72 Å². The Morgan fingerprint density at radius 2 is 2.11 bits per heavy atom. The summed E-state index contributed by atoms with van der Waals surface area (Å²) in [6, 6.07) is 3.12. The molecule has 0 aliphatic rings. The minimum Gasteiger partial charge on any atom is -0.478 e. The molecule has 19 heavy (non-hydrogen) atoms. The molecular weight excluding hydrogens is 338 g/mol. The minimum atomic E-state index is -3.89. The zero-order chi connectivity index (χ0) is 14.6. The van der Waals surface area contributed by atoms with Crippen molar-refractivity contribution in [2.24, 2.45) is 0 Å². The van der Waals surface area contributed by atoms with E-state index in [1.54, 1.807) is 6.92 Å². The molecule has 0 aliphatic carbocycles. The Morgan fingerprint density at radius 3 is 2.58 bits per heavy atom. The van der Waals surface area contributed by atoms with Crippen molar-refractivity contribution >= 4 is 31.9 Å². The van der Waals surface area contributed by atoms with Gasteiger partial charge in [-0.3, -0.25) is 0 Å². The third kappa shape index (κ3) is 4.00. The van der Waals surface area contributed by atoms with Crippen LogP contribution in [0.5, 0.6) is 0 Å². The summed E-state index contributed by atoms with van der Waals surface area (Å²) >= 11 is 3.07. The van der Waals surface area contributed by atoms with Gasteiger partial charge >= 0.3 is 5.97 Å². The van der Waals surface area contributed by atoms with Crippen molar-refractivity contribution in [2.45, 2.75) is 24.3 Å². The highest BCUT2D eigenvalue weighted by atomic mass is 79.9. The van der Waals surface area contributed by atoms with E-state index in [1.165, 1.54) is 12.1 Å². The van der Waals surface area contributed by atoms with Crippen LogP contribution in [-0.2, 0) is 10.0 Å². The number of hydrogen-bond donors (Lipinski definition) is 3. The maximum Gasteiger partial charge on any atom is 0.335 e. The van der Waals surface area contributed by atoms with Gasteiger partial charge in [0, 0.05) is 10.5 Å². The van der Waals surface area contributed by atoms with Crippen LogP contribution in [-0.4, -0.2) is 37.2 Å². The Kier molecular flexibility index (Phi) is 5.48. The van der Waals surface area contributed by atoms with Gasteiger partial charge in [0.15, 0.2) is 0 Å². The standard InChI is InChI=1S/C11H14BrNO5S/c1-2-8(6-14)13-19(17,18)10-5-7(11(15)16)3-4-9(10)12/h3-5,8,13-14H,2,6H2,1H3,(H,15,16)/t8-/m0/s1. The number of carboxylic acids is 1. The number of hydrogen-bond acceptors (Lipinski definition) is 4. The molecular formula is C11H14BrNO5S. The van der Waals surface area contributed by atoms with Crippen LogP contribution < -0.4 is 4.72 Å². The number of carbonyl (C=O) groups is 1. The van der Waals surface area contributed by atoms with Crippen LogP contribution in [0.1, 0.15) is 23.7 Å². The number of benzene rings is 1. The predicted octanol–water partition coefficient (Wildman–Crippen LogP) is 1.20. The summed E-state index contributed by atoms with van der Waals surface area (Å²) in [6.45, 7) is 1.40. The molecule has 6 nitrogen and oxygen atoms in total. The van der Waals surface area contributed by atoms with Crippen LogP contribution in [0, 0.1) is 0 Å². The third-order valence-corrected chi connectivity index (χ3v) is 5.02.